The maximum Gasteiger partial charge on any atom is 0.303 e. The Bertz CT molecular complexity index is 773. The fourth-order valence-corrected chi connectivity index (χ4v) is 3.83. The molecule has 4 N–H and O–H groups in total. The number of nitrogens with zero attached hydrogens (tertiary/aromatic N) is 1. The maximum absolute atomic E-state index is 12.7. The fraction of sp³-hybridized carbons (Fsp3) is 0.833. The Morgan fingerprint density at radius 2 is 1.53 bits per heavy atom. The number of likely N-dealkylation sites (N-methyl/N-ethyl adjacent to an activating group) is 2. The summed E-state index contributed by atoms with van der Waals surface area (Å²) in [5.41, 5.74) is 4.75. The average Bonchev–Trinajstić information content (AvgIpc) is 3.83. The van der Waals surface area contributed by atoms with Gasteiger partial charge in [0.05, 0.1) is 6.04 Å². The van der Waals surface area contributed by atoms with Crippen molar-refractivity contribution in [2.45, 2.75) is 152 Å². The van der Waals surface area contributed by atoms with Crippen molar-refractivity contribution in [2.75, 3.05) is 34.2 Å². The first kappa shape index (κ1) is 54.1. The Morgan fingerprint density at radius 1 is 1.04 bits per heavy atom. The van der Waals surface area contributed by atoms with Gasteiger partial charge in [0.25, 0.3) is 0 Å². The number of nitrogens with two attached hydrogens (primary N) is 1. The van der Waals surface area contributed by atoms with Gasteiger partial charge in [-0.15, -0.1) is 0 Å². The van der Waals surface area contributed by atoms with Crippen LogP contribution in [0.5, 0.6) is 0 Å². The van der Waals surface area contributed by atoms with Gasteiger partial charge in [-0.25, -0.2) is 8.78 Å². The highest BCUT2D eigenvalue weighted by molar-refractivity contribution is 5.82. The molecule has 9 nitrogen and oxygen atoms in total. The number of carbonyl (C=O) groups is 4. The molecule has 0 aliphatic heterocycles. The summed E-state index contributed by atoms with van der Waals surface area (Å²) in [4.78, 5) is 45.7. The monoisotopic (exact) mass is 681 g/mol. The number of halogens is 2. The first-order valence-electron chi connectivity index (χ1n) is 17.3. The van der Waals surface area contributed by atoms with Crippen LogP contribution in [0.1, 0.15) is 133 Å². The van der Waals surface area contributed by atoms with E-state index in [1.54, 1.807) is 25.9 Å². The summed E-state index contributed by atoms with van der Waals surface area (Å²) >= 11 is 0. The molecule has 282 valence electrons. The van der Waals surface area contributed by atoms with Crippen molar-refractivity contribution in [1.29, 1.82) is 0 Å². The number of hydrogen-bond donors (Lipinski definition) is 3. The van der Waals surface area contributed by atoms with Crippen molar-refractivity contribution in [3.8, 4) is 0 Å². The first-order valence-corrected chi connectivity index (χ1v) is 17.3. The van der Waals surface area contributed by atoms with Crippen molar-refractivity contribution in [3.05, 3.63) is 12.2 Å². The quantitative estimate of drug-likeness (QED) is 0.0674. The van der Waals surface area contributed by atoms with Gasteiger partial charge < -0.3 is 26.0 Å². The van der Waals surface area contributed by atoms with E-state index in [2.05, 4.69) is 36.8 Å². The molecule has 1 rings (SSSR count). The minimum atomic E-state index is -2.33. The van der Waals surface area contributed by atoms with E-state index in [4.69, 9.17) is 4.74 Å². The Labute approximate surface area is 287 Å². The Hall–Kier alpha value is -2.40. The predicted octanol–water partition coefficient (Wildman–Crippen LogP) is 7.32. The van der Waals surface area contributed by atoms with Crippen LogP contribution in [-0.4, -0.2) is 81.3 Å². The second-order valence-corrected chi connectivity index (χ2v) is 12.1. The van der Waals surface area contributed by atoms with Crippen LogP contribution >= 0.6 is 0 Å². The molecule has 47 heavy (non-hydrogen) atoms. The molecule has 1 fully saturated rings. The Kier molecular flexibility index (Phi) is 41.9. The third-order valence-corrected chi connectivity index (χ3v) is 6.07. The number of esters is 1. The summed E-state index contributed by atoms with van der Waals surface area (Å²) in [7, 11) is 4.94. The summed E-state index contributed by atoms with van der Waals surface area (Å²) in [6, 6.07) is -0.440. The molecule has 0 bridgehead atoms. The van der Waals surface area contributed by atoms with E-state index in [0.29, 0.717) is 31.4 Å². The summed E-state index contributed by atoms with van der Waals surface area (Å²) in [6.45, 7) is 23.4. The highest BCUT2D eigenvalue weighted by Crippen LogP contribution is 2.31. The van der Waals surface area contributed by atoms with Crippen LogP contribution in [0.25, 0.3) is 0 Å². The molecule has 0 aromatic carbocycles. The third-order valence-electron chi connectivity index (χ3n) is 6.07. The molecule has 0 spiro atoms. The molecule has 0 saturated heterocycles. The molecule has 1 aliphatic carbocycles. The standard InChI is InChI=1S/C20H37F2N3O2.C6H12O2.C4H6O.C3H8.C2H6.CH5N/c1-4-16(10-11-17(21)22)19(23-2)20(27)25(3)14-6-5-7-18(26)24-13-12-15-8-9-15;1-5(7)8-6(2,3)4;1-4(2)3-5;1-3-2;2*1-2/h15-17,19,23H,4-14H2,1-3H3,(H,24,26);1-4H3;3H,1H2,2H3;3H2,1-2H3;1-2H3;2H2,1H3. The van der Waals surface area contributed by atoms with Crippen molar-refractivity contribution < 1.29 is 32.7 Å². The lowest BCUT2D eigenvalue weighted by Gasteiger charge is -2.29. The van der Waals surface area contributed by atoms with E-state index in [9.17, 15) is 28.0 Å². The molecular formula is C36H74F2N4O5. The largest absolute Gasteiger partial charge is 0.460 e. The van der Waals surface area contributed by atoms with Crippen molar-refractivity contribution in [2.24, 2.45) is 17.6 Å². The van der Waals surface area contributed by atoms with Gasteiger partial charge in [0.15, 0.2) is 0 Å². The predicted molar refractivity (Wildman–Crippen MR) is 194 cm³/mol. The Morgan fingerprint density at radius 3 is 1.85 bits per heavy atom. The Balaban J connectivity index is -0.000000240. The lowest BCUT2D eigenvalue weighted by molar-refractivity contribution is -0.152. The molecule has 2 atom stereocenters. The number of unbranched alkanes of at least 4 members (excludes halogenated alkanes) is 1. The van der Waals surface area contributed by atoms with Gasteiger partial charge in [0.2, 0.25) is 18.2 Å². The van der Waals surface area contributed by atoms with E-state index in [-0.39, 0.29) is 35.7 Å². The molecule has 0 aromatic rings. The van der Waals surface area contributed by atoms with E-state index in [0.717, 1.165) is 38.0 Å². The van der Waals surface area contributed by atoms with Gasteiger partial charge in [-0.3, -0.25) is 19.2 Å². The molecular weight excluding hydrogens is 606 g/mol. The molecule has 1 saturated carbocycles. The van der Waals surface area contributed by atoms with Crippen LogP contribution < -0.4 is 16.4 Å². The van der Waals surface area contributed by atoms with Gasteiger partial charge in [-0.2, -0.15) is 0 Å². The number of ether oxygens (including phenoxy) is 1. The molecule has 0 heterocycles. The maximum atomic E-state index is 12.7. The van der Waals surface area contributed by atoms with Crippen LogP contribution in [0.2, 0.25) is 0 Å². The molecule has 1 aliphatic rings. The van der Waals surface area contributed by atoms with Crippen molar-refractivity contribution in [1.82, 2.24) is 15.5 Å². The first-order chi connectivity index (χ1) is 22.0. The van der Waals surface area contributed by atoms with Gasteiger partial charge in [-0.05, 0) is 84.9 Å². The molecule has 2 unspecified atom stereocenters. The molecule has 0 aromatic heterocycles. The SMILES string of the molecule is C=C(C)C=O.CC.CC(=O)OC(C)(C)C.CCC.CCC(CCC(F)F)C(NC)C(=O)N(C)CCCCC(=O)NCCC1CC1.CN. The number of nitrogens with one attached hydrogen (secondary N) is 2. The third kappa shape index (κ3) is 43.6. The zero-order valence-corrected chi connectivity index (χ0v) is 32.4. The summed E-state index contributed by atoms with van der Waals surface area (Å²) in [6.07, 6.45) is 6.12. The summed E-state index contributed by atoms with van der Waals surface area (Å²) in [5.74, 6) is 0.509. The number of hydrogen-bond acceptors (Lipinski definition) is 7. The van der Waals surface area contributed by atoms with Crippen LogP contribution in [0.15, 0.2) is 12.2 Å². The van der Waals surface area contributed by atoms with Gasteiger partial charge in [0.1, 0.15) is 11.9 Å². The summed E-state index contributed by atoms with van der Waals surface area (Å²) < 4.78 is 29.8. The van der Waals surface area contributed by atoms with E-state index in [1.807, 2.05) is 41.5 Å². The minimum Gasteiger partial charge on any atom is -0.460 e. The second kappa shape index (κ2) is 36.4. The molecule has 2 amide bonds. The smallest absolute Gasteiger partial charge is 0.303 e. The highest BCUT2D eigenvalue weighted by atomic mass is 19.3. The second-order valence-electron chi connectivity index (χ2n) is 12.1. The molecule has 0 radical (unpaired) electrons. The lowest BCUT2D eigenvalue weighted by atomic mass is 9.91. The number of carbonyl (C=O) groups excluding carboxylic acids is 4. The zero-order chi connectivity index (χ0) is 38.0. The fourth-order valence-electron chi connectivity index (χ4n) is 3.83. The van der Waals surface area contributed by atoms with Gasteiger partial charge in [-0.1, -0.05) is 66.9 Å². The van der Waals surface area contributed by atoms with Gasteiger partial charge in [0, 0.05) is 39.9 Å². The number of rotatable bonds is 16. The van der Waals surface area contributed by atoms with Crippen LogP contribution in [0.3, 0.4) is 0 Å². The van der Waals surface area contributed by atoms with Crippen LogP contribution in [-0.2, 0) is 23.9 Å². The highest BCUT2D eigenvalue weighted by Gasteiger charge is 2.28. The molecule has 11 heteroatoms. The van der Waals surface area contributed by atoms with E-state index >= 15 is 0 Å². The number of amides is 2. The number of aldehydes is 1. The van der Waals surface area contributed by atoms with Crippen LogP contribution in [0, 0.1) is 11.8 Å². The number of allylic oxidation sites excluding steroid dienone is 1. The average molecular weight is 681 g/mol. The zero-order valence-electron chi connectivity index (χ0n) is 32.4. The minimum absolute atomic E-state index is 0.0625. The normalized spacial score (nSPS) is 12.5. The summed E-state index contributed by atoms with van der Waals surface area (Å²) in [5, 5.41) is 5.95. The topological polar surface area (TPSA) is 131 Å². The van der Waals surface area contributed by atoms with E-state index < -0.39 is 12.5 Å². The van der Waals surface area contributed by atoms with E-state index in [1.165, 1.54) is 33.2 Å². The van der Waals surface area contributed by atoms with Crippen molar-refractivity contribution >= 4 is 24.1 Å². The van der Waals surface area contributed by atoms with Gasteiger partial charge >= 0.3 is 5.97 Å². The number of alkyl halides is 2. The lowest BCUT2D eigenvalue weighted by Crippen LogP contribution is -2.48. The van der Waals surface area contributed by atoms with Crippen molar-refractivity contribution in [3.63, 3.8) is 0 Å². The van der Waals surface area contributed by atoms with Crippen LogP contribution in [0.4, 0.5) is 8.78 Å².